The standard InChI is InChI=1S/C53H84O6/c1-4-7-10-13-16-19-21-23-25-27-29-31-34-37-40-43-46-52(55)58-49-50(48-57-51(54)45-42-39-36-33-18-15-12-9-6-3)59-53(56)47-44-41-38-35-32-30-28-26-24-22-20-17-14-11-8-5-2/h7-8,10-11,16-17,19-20,23-26,29-33,36,50H,4-6,9,12-15,18,21-22,27-28,34-35,37-49H2,1-3H3/b10-7-,11-8-,19-16-,20-17-,25-23-,26-24-,31-29-,32-30-,36-33-. The Morgan fingerprint density at radius 1 is 0.356 bits per heavy atom. The van der Waals surface area contributed by atoms with Crippen LogP contribution in [0, 0.1) is 0 Å². The first kappa shape index (κ1) is 55.1. The van der Waals surface area contributed by atoms with Gasteiger partial charge in [-0.2, -0.15) is 0 Å². The van der Waals surface area contributed by atoms with Crippen molar-refractivity contribution in [2.45, 2.75) is 194 Å². The van der Waals surface area contributed by atoms with E-state index in [0.717, 1.165) is 109 Å². The fourth-order valence-corrected chi connectivity index (χ4v) is 5.78. The van der Waals surface area contributed by atoms with Crippen molar-refractivity contribution >= 4 is 17.9 Å². The SMILES string of the molecule is CC/C=C\C/C=C\C/C=C\C/C=C\CCCCCC(=O)OCC(COC(=O)CCC/C=C\CCCCCC)OC(=O)CCCCC/C=C\C/C=C\C/C=C\C/C=C\CC. The second-order valence-corrected chi connectivity index (χ2v) is 14.9. The lowest BCUT2D eigenvalue weighted by Gasteiger charge is -2.18. The smallest absolute Gasteiger partial charge is 0.306 e. The lowest BCUT2D eigenvalue weighted by Crippen LogP contribution is -2.30. The van der Waals surface area contributed by atoms with Gasteiger partial charge in [-0.05, 0) is 116 Å². The third kappa shape index (κ3) is 45.0. The molecule has 0 aromatic carbocycles. The number of hydrogen-bond donors (Lipinski definition) is 0. The second-order valence-electron chi connectivity index (χ2n) is 14.9. The Bertz CT molecular complexity index is 1260. The minimum absolute atomic E-state index is 0.119. The molecule has 0 aliphatic carbocycles. The molecule has 6 heteroatoms. The molecule has 0 fully saturated rings. The maximum absolute atomic E-state index is 12.7. The summed E-state index contributed by atoms with van der Waals surface area (Å²) in [7, 11) is 0. The van der Waals surface area contributed by atoms with Crippen LogP contribution in [0.3, 0.4) is 0 Å². The first-order valence-electron chi connectivity index (χ1n) is 23.4. The summed E-state index contributed by atoms with van der Waals surface area (Å²) in [6.07, 6.45) is 62.2. The van der Waals surface area contributed by atoms with Gasteiger partial charge in [0, 0.05) is 19.3 Å². The van der Waals surface area contributed by atoms with Crippen molar-refractivity contribution in [3.8, 4) is 0 Å². The molecule has 0 radical (unpaired) electrons. The predicted molar refractivity (Wildman–Crippen MR) is 251 cm³/mol. The van der Waals surface area contributed by atoms with E-state index in [4.69, 9.17) is 14.2 Å². The minimum Gasteiger partial charge on any atom is -0.462 e. The van der Waals surface area contributed by atoms with Crippen LogP contribution >= 0.6 is 0 Å². The topological polar surface area (TPSA) is 78.9 Å². The van der Waals surface area contributed by atoms with Crippen LogP contribution in [-0.4, -0.2) is 37.2 Å². The van der Waals surface area contributed by atoms with E-state index in [1.165, 1.54) is 25.7 Å². The van der Waals surface area contributed by atoms with E-state index in [1.54, 1.807) is 0 Å². The van der Waals surface area contributed by atoms with Crippen LogP contribution in [0.15, 0.2) is 109 Å². The molecule has 1 atom stereocenters. The summed E-state index contributed by atoms with van der Waals surface area (Å²) in [6.45, 7) is 6.26. The number of allylic oxidation sites excluding steroid dienone is 18. The summed E-state index contributed by atoms with van der Waals surface area (Å²) in [6, 6.07) is 0. The Hall–Kier alpha value is -3.93. The molecule has 0 amide bonds. The maximum atomic E-state index is 12.7. The van der Waals surface area contributed by atoms with Crippen molar-refractivity contribution < 1.29 is 28.6 Å². The van der Waals surface area contributed by atoms with Gasteiger partial charge in [-0.15, -0.1) is 0 Å². The molecule has 59 heavy (non-hydrogen) atoms. The Kier molecular flexibility index (Phi) is 43.6. The van der Waals surface area contributed by atoms with E-state index in [0.29, 0.717) is 25.7 Å². The van der Waals surface area contributed by atoms with Crippen LogP contribution < -0.4 is 0 Å². The average Bonchev–Trinajstić information content (AvgIpc) is 3.23. The van der Waals surface area contributed by atoms with E-state index in [2.05, 4.69) is 130 Å². The van der Waals surface area contributed by atoms with Crippen molar-refractivity contribution in [3.05, 3.63) is 109 Å². The van der Waals surface area contributed by atoms with E-state index in [1.807, 2.05) is 0 Å². The molecule has 1 unspecified atom stereocenters. The van der Waals surface area contributed by atoms with Crippen LogP contribution in [-0.2, 0) is 28.6 Å². The average molecular weight is 817 g/mol. The summed E-state index contributed by atoms with van der Waals surface area (Å²) < 4.78 is 16.6. The zero-order valence-corrected chi connectivity index (χ0v) is 37.7. The Labute approximate surface area is 361 Å². The van der Waals surface area contributed by atoms with Gasteiger partial charge in [-0.25, -0.2) is 0 Å². The fourth-order valence-electron chi connectivity index (χ4n) is 5.78. The Morgan fingerprint density at radius 2 is 0.678 bits per heavy atom. The number of carbonyl (C=O) groups excluding carboxylic acids is 3. The predicted octanol–water partition coefficient (Wildman–Crippen LogP) is 15.2. The summed E-state index contributed by atoms with van der Waals surface area (Å²) in [5, 5.41) is 0. The summed E-state index contributed by atoms with van der Waals surface area (Å²) in [5.41, 5.74) is 0. The quantitative estimate of drug-likeness (QED) is 0.0265. The molecule has 0 aliphatic heterocycles. The number of rotatable bonds is 40. The molecular formula is C53H84O6. The molecule has 0 heterocycles. The molecule has 0 aromatic rings. The van der Waals surface area contributed by atoms with Crippen molar-refractivity contribution in [3.63, 3.8) is 0 Å². The number of ether oxygens (including phenoxy) is 3. The van der Waals surface area contributed by atoms with E-state index in [-0.39, 0.29) is 37.5 Å². The van der Waals surface area contributed by atoms with Crippen LogP contribution in [0.2, 0.25) is 0 Å². The maximum Gasteiger partial charge on any atom is 0.306 e. The highest BCUT2D eigenvalue weighted by Crippen LogP contribution is 2.11. The van der Waals surface area contributed by atoms with Gasteiger partial charge < -0.3 is 14.2 Å². The van der Waals surface area contributed by atoms with Crippen molar-refractivity contribution in [2.24, 2.45) is 0 Å². The molecule has 0 saturated carbocycles. The lowest BCUT2D eigenvalue weighted by molar-refractivity contribution is -0.167. The van der Waals surface area contributed by atoms with Gasteiger partial charge in [0.2, 0.25) is 0 Å². The third-order valence-corrected chi connectivity index (χ3v) is 9.24. The van der Waals surface area contributed by atoms with Crippen LogP contribution in [0.5, 0.6) is 0 Å². The van der Waals surface area contributed by atoms with Crippen molar-refractivity contribution in [2.75, 3.05) is 13.2 Å². The van der Waals surface area contributed by atoms with Gasteiger partial charge in [0.05, 0.1) is 0 Å². The molecule has 6 nitrogen and oxygen atoms in total. The first-order valence-corrected chi connectivity index (χ1v) is 23.4. The van der Waals surface area contributed by atoms with Gasteiger partial charge >= 0.3 is 17.9 Å². The minimum atomic E-state index is -0.819. The highest BCUT2D eigenvalue weighted by molar-refractivity contribution is 5.71. The van der Waals surface area contributed by atoms with E-state index >= 15 is 0 Å². The largest absolute Gasteiger partial charge is 0.462 e. The molecule has 0 rings (SSSR count). The molecule has 0 spiro atoms. The number of carbonyl (C=O) groups is 3. The highest BCUT2D eigenvalue weighted by atomic mass is 16.6. The number of hydrogen-bond acceptors (Lipinski definition) is 6. The summed E-state index contributed by atoms with van der Waals surface area (Å²) in [4.78, 5) is 37.7. The van der Waals surface area contributed by atoms with Crippen molar-refractivity contribution in [1.29, 1.82) is 0 Å². The Morgan fingerprint density at radius 3 is 1.08 bits per heavy atom. The zero-order chi connectivity index (χ0) is 43.0. The van der Waals surface area contributed by atoms with Crippen molar-refractivity contribution in [1.82, 2.24) is 0 Å². The fraction of sp³-hybridized carbons (Fsp3) is 0.604. The summed E-state index contributed by atoms with van der Waals surface area (Å²) in [5.74, 6) is -1.03. The van der Waals surface area contributed by atoms with Gasteiger partial charge in [-0.1, -0.05) is 162 Å². The molecule has 0 aliphatic rings. The molecule has 0 bridgehead atoms. The number of unbranched alkanes of at least 4 members (excludes halogenated alkanes) is 11. The molecule has 332 valence electrons. The van der Waals surface area contributed by atoms with E-state index in [9.17, 15) is 14.4 Å². The Balaban J connectivity index is 4.52. The molecule has 0 saturated heterocycles. The summed E-state index contributed by atoms with van der Waals surface area (Å²) >= 11 is 0. The van der Waals surface area contributed by atoms with Gasteiger partial charge in [0.25, 0.3) is 0 Å². The van der Waals surface area contributed by atoms with Crippen LogP contribution in [0.4, 0.5) is 0 Å². The van der Waals surface area contributed by atoms with Crippen LogP contribution in [0.25, 0.3) is 0 Å². The van der Waals surface area contributed by atoms with E-state index < -0.39 is 6.10 Å². The lowest BCUT2D eigenvalue weighted by atomic mass is 10.1. The number of esters is 3. The molecule has 0 aromatic heterocycles. The monoisotopic (exact) mass is 817 g/mol. The molecule has 0 N–H and O–H groups in total. The highest BCUT2D eigenvalue weighted by Gasteiger charge is 2.19. The van der Waals surface area contributed by atoms with Gasteiger partial charge in [0.15, 0.2) is 6.10 Å². The first-order chi connectivity index (χ1) is 29.0. The zero-order valence-electron chi connectivity index (χ0n) is 37.7. The molecular weight excluding hydrogens is 733 g/mol. The van der Waals surface area contributed by atoms with Gasteiger partial charge in [-0.3, -0.25) is 14.4 Å². The van der Waals surface area contributed by atoms with Crippen LogP contribution in [0.1, 0.15) is 188 Å². The van der Waals surface area contributed by atoms with Gasteiger partial charge in [0.1, 0.15) is 13.2 Å². The second kappa shape index (κ2) is 46.8. The third-order valence-electron chi connectivity index (χ3n) is 9.24. The normalized spacial score (nSPS) is 13.1.